The van der Waals surface area contributed by atoms with E-state index in [2.05, 4.69) is 32.9 Å². The van der Waals surface area contributed by atoms with Crippen LogP contribution in [0.2, 0.25) is 0 Å². The van der Waals surface area contributed by atoms with Crippen LogP contribution < -0.4 is 5.32 Å². The molecular weight excluding hydrogens is 395 g/mol. The van der Waals surface area contributed by atoms with Gasteiger partial charge in [-0.2, -0.15) is 5.26 Å². The highest BCUT2D eigenvalue weighted by Gasteiger charge is 2.38. The molecule has 0 radical (unpaired) electrons. The summed E-state index contributed by atoms with van der Waals surface area (Å²) in [6, 6.07) is 2.06. The van der Waals surface area contributed by atoms with Crippen LogP contribution in [0.1, 0.15) is 19.1 Å². The third-order valence-corrected chi connectivity index (χ3v) is 6.29. The third-order valence-electron chi connectivity index (χ3n) is 4.62. The Morgan fingerprint density at radius 1 is 1.48 bits per heavy atom. The number of hydrogen-bond donors (Lipinski definition) is 2. The molecule has 2 N–H and O–H groups in total. The second kappa shape index (κ2) is 10.6. The SMILES string of the molecule is C=CCOP(C[C@H]1CC(n2cnc3c(NC)ncnc32)OC1CO)OCCC#N. The van der Waals surface area contributed by atoms with Crippen molar-refractivity contribution in [3.63, 3.8) is 0 Å². The van der Waals surface area contributed by atoms with Crippen molar-refractivity contribution in [2.24, 2.45) is 5.92 Å². The van der Waals surface area contributed by atoms with Crippen LogP contribution in [0.3, 0.4) is 0 Å². The van der Waals surface area contributed by atoms with Crippen LogP contribution in [0, 0.1) is 17.2 Å². The Balaban J connectivity index is 1.73. The van der Waals surface area contributed by atoms with Crippen LogP contribution in [-0.2, 0) is 13.8 Å². The number of nitriles is 1. The van der Waals surface area contributed by atoms with Crippen LogP contribution in [0.25, 0.3) is 11.2 Å². The Kier molecular flexibility index (Phi) is 7.86. The summed E-state index contributed by atoms with van der Waals surface area (Å²) in [6.07, 6.45) is 5.73. The van der Waals surface area contributed by atoms with Crippen LogP contribution in [0.4, 0.5) is 5.82 Å². The fourth-order valence-corrected chi connectivity index (χ4v) is 4.87. The van der Waals surface area contributed by atoms with E-state index in [1.807, 2.05) is 4.57 Å². The monoisotopic (exact) mass is 420 g/mol. The molecule has 3 heterocycles. The smallest absolute Gasteiger partial charge is 0.171 e. The molecule has 1 saturated heterocycles. The predicted octanol–water partition coefficient (Wildman–Crippen LogP) is 2.21. The van der Waals surface area contributed by atoms with Gasteiger partial charge in [-0.1, -0.05) is 6.08 Å². The summed E-state index contributed by atoms with van der Waals surface area (Å²) in [4.78, 5) is 12.9. The average molecular weight is 420 g/mol. The molecule has 3 rings (SSSR count). The number of aliphatic hydroxyl groups is 1. The van der Waals surface area contributed by atoms with Crippen LogP contribution >= 0.6 is 8.38 Å². The Labute approximate surface area is 170 Å². The molecule has 29 heavy (non-hydrogen) atoms. The van der Waals surface area contributed by atoms with Crippen molar-refractivity contribution in [2.75, 3.05) is 38.3 Å². The van der Waals surface area contributed by atoms with E-state index in [-0.39, 0.29) is 24.9 Å². The summed E-state index contributed by atoms with van der Waals surface area (Å²) in [5, 5.41) is 21.6. The summed E-state index contributed by atoms with van der Waals surface area (Å²) in [7, 11) is 0.566. The first kappa shape index (κ1) is 21.6. The number of nitrogens with zero attached hydrogens (tertiary/aromatic N) is 5. The maximum Gasteiger partial charge on any atom is 0.171 e. The molecule has 0 aromatic carbocycles. The summed E-state index contributed by atoms with van der Waals surface area (Å²) < 4.78 is 19.5. The highest BCUT2D eigenvalue weighted by Crippen LogP contribution is 2.46. The van der Waals surface area contributed by atoms with Crippen molar-refractivity contribution >= 4 is 25.4 Å². The number of rotatable bonds is 11. The first-order valence-corrected chi connectivity index (χ1v) is 10.7. The Hall–Kier alpha value is -2.15. The summed E-state index contributed by atoms with van der Waals surface area (Å²) >= 11 is 0. The van der Waals surface area contributed by atoms with Crippen molar-refractivity contribution in [1.82, 2.24) is 19.5 Å². The molecule has 1 aliphatic rings. The van der Waals surface area contributed by atoms with E-state index in [0.29, 0.717) is 49.2 Å². The van der Waals surface area contributed by atoms with Gasteiger partial charge >= 0.3 is 0 Å². The molecule has 2 aromatic rings. The fraction of sp³-hybridized carbons (Fsp3) is 0.556. The molecule has 0 bridgehead atoms. The molecule has 4 atom stereocenters. The molecule has 11 heteroatoms. The first-order valence-electron chi connectivity index (χ1n) is 9.34. The van der Waals surface area contributed by atoms with E-state index in [1.54, 1.807) is 19.5 Å². The fourth-order valence-electron chi connectivity index (χ4n) is 3.25. The van der Waals surface area contributed by atoms with Gasteiger partial charge in [-0.05, 0) is 12.3 Å². The Bertz CT molecular complexity index is 856. The highest BCUT2D eigenvalue weighted by atomic mass is 31.2. The number of aliphatic hydroxyl groups excluding tert-OH is 1. The number of hydrogen-bond acceptors (Lipinski definition) is 9. The molecule has 0 aliphatic carbocycles. The Morgan fingerprint density at radius 3 is 3.07 bits per heavy atom. The zero-order valence-corrected chi connectivity index (χ0v) is 17.2. The van der Waals surface area contributed by atoms with E-state index in [1.165, 1.54) is 6.33 Å². The van der Waals surface area contributed by atoms with Gasteiger partial charge in [0, 0.05) is 13.2 Å². The zero-order valence-electron chi connectivity index (χ0n) is 16.3. The van der Waals surface area contributed by atoms with Gasteiger partial charge < -0.3 is 24.2 Å². The van der Waals surface area contributed by atoms with Gasteiger partial charge in [0.15, 0.2) is 19.8 Å². The number of fused-ring (bicyclic) bond motifs is 1. The van der Waals surface area contributed by atoms with Gasteiger partial charge in [-0.3, -0.25) is 4.57 Å². The topological polar surface area (TPSA) is 127 Å². The number of imidazole rings is 1. The van der Waals surface area contributed by atoms with E-state index in [4.69, 9.17) is 19.0 Å². The molecule has 2 aromatic heterocycles. The lowest BCUT2D eigenvalue weighted by atomic mass is 10.0. The van der Waals surface area contributed by atoms with E-state index >= 15 is 0 Å². The molecule has 156 valence electrons. The number of nitrogens with one attached hydrogen (secondary N) is 1. The second-order valence-corrected chi connectivity index (χ2v) is 7.99. The average Bonchev–Trinajstić information content (AvgIpc) is 3.35. The minimum atomic E-state index is -1.21. The molecule has 0 spiro atoms. The summed E-state index contributed by atoms with van der Waals surface area (Å²) in [6.45, 7) is 4.25. The van der Waals surface area contributed by atoms with Gasteiger partial charge in [-0.15, -0.1) is 6.58 Å². The minimum Gasteiger partial charge on any atom is -0.394 e. The van der Waals surface area contributed by atoms with Crippen molar-refractivity contribution < 1.29 is 18.9 Å². The molecule has 0 saturated carbocycles. The maximum absolute atomic E-state index is 9.83. The Morgan fingerprint density at radius 2 is 2.34 bits per heavy atom. The molecule has 1 aliphatic heterocycles. The predicted molar refractivity (Wildman–Crippen MR) is 108 cm³/mol. The van der Waals surface area contributed by atoms with E-state index in [9.17, 15) is 5.11 Å². The van der Waals surface area contributed by atoms with Crippen molar-refractivity contribution in [3.8, 4) is 6.07 Å². The van der Waals surface area contributed by atoms with E-state index in [0.717, 1.165) is 0 Å². The molecule has 10 nitrogen and oxygen atoms in total. The van der Waals surface area contributed by atoms with Gasteiger partial charge in [0.05, 0.1) is 44.7 Å². The molecule has 1 fully saturated rings. The maximum atomic E-state index is 9.83. The zero-order chi connectivity index (χ0) is 20.6. The molecule has 0 amide bonds. The van der Waals surface area contributed by atoms with E-state index < -0.39 is 8.38 Å². The lowest BCUT2D eigenvalue weighted by molar-refractivity contribution is -0.0277. The number of anilines is 1. The summed E-state index contributed by atoms with van der Waals surface area (Å²) in [5.74, 6) is 0.681. The first-order chi connectivity index (χ1) is 14.2. The van der Waals surface area contributed by atoms with Crippen molar-refractivity contribution in [3.05, 3.63) is 25.3 Å². The van der Waals surface area contributed by atoms with Gasteiger partial charge in [-0.25, -0.2) is 15.0 Å². The highest BCUT2D eigenvalue weighted by molar-refractivity contribution is 7.47. The van der Waals surface area contributed by atoms with Gasteiger partial charge in [0.2, 0.25) is 0 Å². The standard InChI is InChI=1S/C18H25N6O4P/c1-3-6-26-29(27-7-4-5-19)10-13-8-15(28-14(13)9-25)24-12-23-16-17(20-2)21-11-22-18(16)24/h3,11-15,25H,1,4,6-10H2,2H3,(H,20,21,22)/t13-,14?,15?,29?/m1/s1. The molecular formula is C18H25N6O4P. The normalized spacial score (nSPS) is 22.4. The number of ether oxygens (including phenoxy) is 1. The number of aromatic nitrogens is 4. The van der Waals surface area contributed by atoms with Crippen LogP contribution in [0.5, 0.6) is 0 Å². The minimum absolute atomic E-state index is 0.0334. The molecule has 3 unspecified atom stereocenters. The second-order valence-electron chi connectivity index (χ2n) is 6.44. The quantitative estimate of drug-likeness (QED) is 0.319. The van der Waals surface area contributed by atoms with Gasteiger partial charge in [0.25, 0.3) is 0 Å². The van der Waals surface area contributed by atoms with Gasteiger partial charge in [0.1, 0.15) is 18.1 Å². The van der Waals surface area contributed by atoms with Crippen molar-refractivity contribution in [2.45, 2.75) is 25.2 Å². The van der Waals surface area contributed by atoms with Crippen LogP contribution in [0.15, 0.2) is 25.3 Å². The summed E-state index contributed by atoms with van der Waals surface area (Å²) in [5.41, 5.74) is 1.33. The largest absolute Gasteiger partial charge is 0.394 e. The van der Waals surface area contributed by atoms with Crippen molar-refractivity contribution in [1.29, 1.82) is 5.26 Å². The van der Waals surface area contributed by atoms with Crippen LogP contribution in [-0.4, -0.2) is 63.8 Å². The third kappa shape index (κ3) is 5.07. The lowest BCUT2D eigenvalue weighted by Gasteiger charge is -2.22. The lowest BCUT2D eigenvalue weighted by Crippen LogP contribution is -2.23.